The first-order valence-electron chi connectivity index (χ1n) is 3.73. The predicted molar refractivity (Wildman–Crippen MR) is 52.8 cm³/mol. The van der Waals surface area contributed by atoms with Crippen LogP contribution in [0.25, 0.3) is 0 Å². The second-order valence-electron chi connectivity index (χ2n) is 2.68. The van der Waals surface area contributed by atoms with E-state index < -0.39 is 0 Å². The summed E-state index contributed by atoms with van der Waals surface area (Å²) in [5.74, 6) is 0. The topological polar surface area (TPSA) is 64.7 Å². The minimum Gasteiger partial charge on any atom is -0.318 e. The normalized spacial score (nSPS) is 13.1. The Morgan fingerprint density at radius 2 is 2.31 bits per heavy atom. The van der Waals surface area contributed by atoms with Crippen molar-refractivity contribution in [1.82, 2.24) is 13.1 Å². The molecule has 1 atom stereocenters. The van der Waals surface area contributed by atoms with Crippen LogP contribution in [0.1, 0.15) is 22.3 Å². The highest BCUT2D eigenvalue weighted by molar-refractivity contribution is 7.06. The van der Waals surface area contributed by atoms with Gasteiger partial charge in [-0.2, -0.15) is 13.1 Å². The van der Waals surface area contributed by atoms with E-state index in [9.17, 15) is 0 Å². The van der Waals surface area contributed by atoms with E-state index in [2.05, 4.69) is 13.1 Å². The van der Waals surface area contributed by atoms with E-state index in [0.29, 0.717) is 0 Å². The highest BCUT2D eigenvalue weighted by Gasteiger charge is 2.13. The van der Waals surface area contributed by atoms with Crippen molar-refractivity contribution in [3.8, 4) is 0 Å². The molecule has 0 spiro atoms. The van der Waals surface area contributed by atoms with Gasteiger partial charge in [0.25, 0.3) is 0 Å². The lowest BCUT2D eigenvalue weighted by Crippen LogP contribution is -2.10. The van der Waals surface area contributed by atoms with Gasteiger partial charge in [-0.05, 0) is 24.5 Å². The van der Waals surface area contributed by atoms with Crippen LogP contribution in [-0.2, 0) is 0 Å². The molecular weight excluding hydrogens is 204 g/mol. The number of aromatic nitrogens is 3. The summed E-state index contributed by atoms with van der Waals surface area (Å²) in [4.78, 5) is 1.03. The molecule has 68 valence electrons. The largest absolute Gasteiger partial charge is 0.318 e. The summed E-state index contributed by atoms with van der Waals surface area (Å²) in [7, 11) is 0. The third kappa shape index (κ3) is 1.74. The van der Waals surface area contributed by atoms with Crippen molar-refractivity contribution in [2.24, 2.45) is 5.73 Å². The van der Waals surface area contributed by atoms with Crippen LogP contribution in [0.3, 0.4) is 0 Å². The van der Waals surface area contributed by atoms with Crippen molar-refractivity contribution < 1.29 is 0 Å². The van der Waals surface area contributed by atoms with Crippen LogP contribution in [0.15, 0.2) is 12.3 Å². The highest BCUT2D eigenvalue weighted by atomic mass is 32.1. The van der Waals surface area contributed by atoms with Gasteiger partial charge < -0.3 is 5.73 Å². The highest BCUT2D eigenvalue weighted by Crippen LogP contribution is 2.22. The Hall–Kier alpha value is -0.850. The van der Waals surface area contributed by atoms with E-state index in [-0.39, 0.29) is 6.04 Å². The van der Waals surface area contributed by atoms with E-state index in [0.717, 1.165) is 16.3 Å². The van der Waals surface area contributed by atoms with Crippen LogP contribution in [0.4, 0.5) is 0 Å². The minimum atomic E-state index is -0.176. The first kappa shape index (κ1) is 8.74. The molecule has 0 aliphatic heterocycles. The quantitative estimate of drug-likeness (QED) is 0.816. The molecule has 2 aromatic rings. The monoisotopic (exact) mass is 212 g/mol. The maximum Gasteiger partial charge on any atom is 0.0964 e. The zero-order valence-electron chi connectivity index (χ0n) is 6.97. The molecule has 1 unspecified atom stereocenters. The molecule has 2 heterocycles. The SMILES string of the molecule is Cc1cc(C(N)c2cnsn2)sn1. The van der Waals surface area contributed by atoms with Gasteiger partial charge in [0.15, 0.2) is 0 Å². The number of aryl methyl sites for hydroxylation is 1. The van der Waals surface area contributed by atoms with Crippen molar-refractivity contribution >= 4 is 23.3 Å². The molecule has 0 aromatic carbocycles. The summed E-state index contributed by atoms with van der Waals surface area (Å²) < 4.78 is 12.2. The predicted octanol–water partition coefficient (Wildman–Crippen LogP) is 1.35. The summed E-state index contributed by atoms with van der Waals surface area (Å²) in [5, 5.41) is 0. The van der Waals surface area contributed by atoms with Crippen molar-refractivity contribution in [2.75, 3.05) is 0 Å². The second kappa shape index (κ2) is 3.49. The van der Waals surface area contributed by atoms with Gasteiger partial charge in [-0.1, -0.05) is 0 Å². The van der Waals surface area contributed by atoms with Crippen LogP contribution in [-0.4, -0.2) is 13.1 Å². The van der Waals surface area contributed by atoms with Gasteiger partial charge in [0.2, 0.25) is 0 Å². The molecule has 2 N–H and O–H groups in total. The van der Waals surface area contributed by atoms with Gasteiger partial charge in [0.1, 0.15) is 0 Å². The number of hydrogen-bond acceptors (Lipinski definition) is 6. The standard InChI is InChI=1S/C7H8N4S2/c1-4-2-6(12-10-4)7(8)5-3-9-13-11-5/h2-3,7H,8H2,1H3. The number of nitrogens with two attached hydrogens (primary N) is 1. The average Bonchev–Trinajstić information content (AvgIpc) is 2.72. The molecule has 0 aliphatic rings. The van der Waals surface area contributed by atoms with Crippen LogP contribution in [0.5, 0.6) is 0 Å². The molecule has 0 radical (unpaired) electrons. The zero-order valence-corrected chi connectivity index (χ0v) is 8.60. The summed E-state index contributed by atoms with van der Waals surface area (Å²) >= 11 is 2.59. The van der Waals surface area contributed by atoms with E-state index >= 15 is 0 Å². The molecule has 6 heteroatoms. The summed E-state index contributed by atoms with van der Waals surface area (Å²) in [6.07, 6.45) is 1.70. The van der Waals surface area contributed by atoms with Crippen molar-refractivity contribution in [1.29, 1.82) is 0 Å². The van der Waals surface area contributed by atoms with Gasteiger partial charge in [0.05, 0.1) is 35.4 Å². The lowest BCUT2D eigenvalue weighted by Gasteiger charge is -2.02. The Morgan fingerprint density at radius 3 is 2.85 bits per heavy atom. The second-order valence-corrected chi connectivity index (χ2v) is 4.07. The molecular formula is C7H8N4S2. The molecule has 4 nitrogen and oxygen atoms in total. The molecule has 0 fully saturated rings. The Bertz CT molecular complexity index is 381. The van der Waals surface area contributed by atoms with Gasteiger partial charge >= 0.3 is 0 Å². The fourth-order valence-electron chi connectivity index (χ4n) is 0.985. The number of rotatable bonds is 2. The summed E-state index contributed by atoms with van der Waals surface area (Å²) in [6.45, 7) is 1.95. The van der Waals surface area contributed by atoms with Crippen LogP contribution < -0.4 is 5.73 Å². The fourth-order valence-corrected chi connectivity index (χ4v) is 2.20. The van der Waals surface area contributed by atoms with Crippen molar-refractivity contribution in [3.63, 3.8) is 0 Å². The third-order valence-electron chi connectivity index (χ3n) is 1.65. The maximum atomic E-state index is 5.95. The fraction of sp³-hybridized carbons (Fsp3) is 0.286. The zero-order chi connectivity index (χ0) is 9.26. The Balaban J connectivity index is 2.28. The maximum absolute atomic E-state index is 5.95. The minimum absolute atomic E-state index is 0.176. The molecule has 0 saturated carbocycles. The first-order valence-corrected chi connectivity index (χ1v) is 5.24. The first-order chi connectivity index (χ1) is 6.27. The number of hydrogen-bond donors (Lipinski definition) is 1. The molecule has 0 aliphatic carbocycles. The van der Waals surface area contributed by atoms with E-state index in [1.54, 1.807) is 6.20 Å². The Kier molecular flexibility index (Phi) is 2.34. The van der Waals surface area contributed by atoms with E-state index in [4.69, 9.17) is 5.73 Å². The summed E-state index contributed by atoms with van der Waals surface area (Å²) in [5.41, 5.74) is 7.76. The molecule has 0 saturated heterocycles. The van der Waals surface area contributed by atoms with Gasteiger partial charge in [-0.3, -0.25) is 0 Å². The lowest BCUT2D eigenvalue weighted by molar-refractivity contribution is 0.863. The van der Waals surface area contributed by atoms with Crippen LogP contribution >= 0.6 is 23.3 Å². The molecule has 2 rings (SSSR count). The van der Waals surface area contributed by atoms with Gasteiger partial charge in [-0.25, -0.2) is 0 Å². The van der Waals surface area contributed by atoms with Gasteiger partial charge in [-0.15, -0.1) is 0 Å². The van der Waals surface area contributed by atoms with E-state index in [1.165, 1.54) is 23.3 Å². The lowest BCUT2D eigenvalue weighted by atomic mass is 10.2. The van der Waals surface area contributed by atoms with Gasteiger partial charge in [0, 0.05) is 4.88 Å². The Labute approximate surface area is 83.9 Å². The average molecular weight is 212 g/mol. The molecule has 0 amide bonds. The molecule has 13 heavy (non-hydrogen) atoms. The van der Waals surface area contributed by atoms with Crippen molar-refractivity contribution in [3.05, 3.63) is 28.5 Å². The molecule has 2 aromatic heterocycles. The van der Waals surface area contributed by atoms with E-state index in [1.807, 2.05) is 13.0 Å². The smallest absolute Gasteiger partial charge is 0.0964 e. The Morgan fingerprint density at radius 1 is 1.46 bits per heavy atom. The third-order valence-corrected chi connectivity index (χ3v) is 3.10. The van der Waals surface area contributed by atoms with Crippen molar-refractivity contribution in [2.45, 2.75) is 13.0 Å². The summed E-state index contributed by atoms with van der Waals surface area (Å²) in [6, 6.07) is 1.80. The number of nitrogens with zero attached hydrogens (tertiary/aromatic N) is 3. The molecule has 0 bridgehead atoms. The van der Waals surface area contributed by atoms with Crippen LogP contribution in [0, 0.1) is 6.92 Å². The van der Waals surface area contributed by atoms with Crippen LogP contribution in [0.2, 0.25) is 0 Å².